The Balaban J connectivity index is 1.00. The molecule has 1 aromatic rings. The molecular formula is C39H61N3O15. The Morgan fingerprint density at radius 1 is 0.649 bits per heavy atom. The van der Waals surface area contributed by atoms with E-state index in [1.165, 1.54) is 0 Å². The highest BCUT2D eigenvalue weighted by molar-refractivity contribution is 6.25. The smallest absolute Gasteiger partial charge is 0.305 e. The van der Waals surface area contributed by atoms with Gasteiger partial charge in [-0.3, -0.25) is 34.2 Å². The SMILES string of the molecule is CCCCCC(=O)OCCOCCOCCOCCOCCOCCOCCOCCOCCOCCNc1cccc2c1C(=O)N(C1CCC(=O)NC1=O)C2=O. The fourth-order valence-corrected chi connectivity index (χ4v) is 5.59. The van der Waals surface area contributed by atoms with E-state index in [2.05, 4.69) is 17.6 Å². The van der Waals surface area contributed by atoms with E-state index in [0.717, 1.165) is 24.2 Å². The molecule has 2 heterocycles. The van der Waals surface area contributed by atoms with Crippen molar-refractivity contribution in [1.29, 1.82) is 0 Å². The van der Waals surface area contributed by atoms with Crippen LogP contribution in [0.1, 0.15) is 66.2 Å². The molecule has 0 spiro atoms. The Morgan fingerprint density at radius 3 is 1.60 bits per heavy atom. The average molecular weight is 812 g/mol. The van der Waals surface area contributed by atoms with Crippen LogP contribution in [0.4, 0.5) is 5.69 Å². The van der Waals surface area contributed by atoms with Gasteiger partial charge in [-0.05, 0) is 25.0 Å². The molecule has 2 N–H and O–H groups in total. The van der Waals surface area contributed by atoms with Crippen molar-refractivity contribution in [2.24, 2.45) is 0 Å². The van der Waals surface area contributed by atoms with Gasteiger partial charge < -0.3 is 52.7 Å². The first-order valence-corrected chi connectivity index (χ1v) is 19.9. The molecule has 3 rings (SSSR count). The zero-order valence-corrected chi connectivity index (χ0v) is 33.3. The second-order valence-corrected chi connectivity index (χ2v) is 12.8. The second-order valence-electron chi connectivity index (χ2n) is 12.8. The molecule has 0 aromatic heterocycles. The summed E-state index contributed by atoms with van der Waals surface area (Å²) in [6.45, 7) is 10.5. The number of esters is 1. The van der Waals surface area contributed by atoms with Crippen LogP contribution in [0.5, 0.6) is 0 Å². The van der Waals surface area contributed by atoms with E-state index in [1.54, 1.807) is 18.2 Å². The van der Waals surface area contributed by atoms with Crippen molar-refractivity contribution in [1.82, 2.24) is 10.2 Å². The standard InChI is InChI=1S/C39H61N3O15/c1-2-3-4-8-35(44)57-30-29-56-28-27-55-26-25-54-24-23-53-22-21-52-20-19-51-18-17-50-16-15-49-14-13-48-12-11-40-32-7-5-6-31-36(32)39(47)42(38(31)46)33-9-10-34(43)41-37(33)45/h5-7,33,40H,2-4,8-30H2,1H3,(H,41,43,45). The lowest BCUT2D eigenvalue weighted by atomic mass is 10.0. The molecule has 1 fully saturated rings. The van der Waals surface area contributed by atoms with Crippen LogP contribution in [-0.4, -0.2) is 173 Å². The summed E-state index contributed by atoms with van der Waals surface area (Å²) in [5, 5.41) is 5.33. The molecule has 0 radical (unpaired) electrons. The molecule has 2 aliphatic rings. The van der Waals surface area contributed by atoms with Gasteiger partial charge in [0.15, 0.2) is 0 Å². The number of ether oxygens (including phenoxy) is 10. The maximum absolute atomic E-state index is 13.2. The minimum Gasteiger partial charge on any atom is -0.463 e. The third-order valence-electron chi connectivity index (χ3n) is 8.48. The monoisotopic (exact) mass is 811 g/mol. The summed E-state index contributed by atoms with van der Waals surface area (Å²) in [4.78, 5) is 62.3. The van der Waals surface area contributed by atoms with Crippen LogP contribution in [0.2, 0.25) is 0 Å². The first kappa shape index (κ1) is 47.8. The molecule has 4 amide bonds. The lowest BCUT2D eigenvalue weighted by molar-refractivity contribution is -0.145. The third-order valence-corrected chi connectivity index (χ3v) is 8.48. The van der Waals surface area contributed by atoms with Gasteiger partial charge in [0, 0.05) is 25.1 Å². The molecule has 2 aliphatic heterocycles. The van der Waals surface area contributed by atoms with Gasteiger partial charge in [-0.1, -0.05) is 25.8 Å². The zero-order valence-electron chi connectivity index (χ0n) is 33.3. The maximum Gasteiger partial charge on any atom is 0.305 e. The van der Waals surface area contributed by atoms with Crippen LogP contribution >= 0.6 is 0 Å². The van der Waals surface area contributed by atoms with Crippen LogP contribution < -0.4 is 10.6 Å². The number of carbonyl (C=O) groups excluding carboxylic acids is 5. The molecule has 1 aromatic carbocycles. The minimum absolute atomic E-state index is 0.0634. The topological polar surface area (TPSA) is 205 Å². The van der Waals surface area contributed by atoms with Crippen molar-refractivity contribution in [3.63, 3.8) is 0 Å². The van der Waals surface area contributed by atoms with Crippen LogP contribution in [0.3, 0.4) is 0 Å². The first-order chi connectivity index (χ1) is 27.9. The van der Waals surface area contributed by atoms with E-state index < -0.39 is 29.7 Å². The molecule has 18 nitrogen and oxygen atoms in total. The van der Waals surface area contributed by atoms with Gasteiger partial charge in [-0.15, -0.1) is 0 Å². The van der Waals surface area contributed by atoms with E-state index in [1.807, 2.05) is 0 Å². The summed E-state index contributed by atoms with van der Waals surface area (Å²) in [5.41, 5.74) is 0.899. The Labute approximate surface area is 334 Å². The Bertz CT molecular complexity index is 1330. The summed E-state index contributed by atoms with van der Waals surface area (Å²) >= 11 is 0. The Kier molecular flexibility index (Phi) is 25.6. The van der Waals surface area contributed by atoms with E-state index >= 15 is 0 Å². The predicted molar refractivity (Wildman–Crippen MR) is 204 cm³/mol. The number of nitrogens with zero attached hydrogens (tertiary/aromatic N) is 1. The quantitative estimate of drug-likeness (QED) is 0.0563. The van der Waals surface area contributed by atoms with Gasteiger partial charge in [-0.2, -0.15) is 0 Å². The molecule has 0 bridgehead atoms. The largest absolute Gasteiger partial charge is 0.463 e. The van der Waals surface area contributed by atoms with E-state index in [-0.39, 0.29) is 36.5 Å². The summed E-state index contributed by atoms with van der Waals surface area (Å²) in [6.07, 6.45) is 3.61. The van der Waals surface area contributed by atoms with Gasteiger partial charge >= 0.3 is 5.97 Å². The summed E-state index contributed by atoms with van der Waals surface area (Å²) in [7, 11) is 0. The number of piperidine rings is 1. The lowest BCUT2D eigenvalue weighted by Crippen LogP contribution is -2.54. The normalized spacial score (nSPS) is 15.3. The molecule has 1 atom stereocenters. The fraction of sp³-hybridized carbons (Fsp3) is 0.718. The molecule has 18 heteroatoms. The number of benzene rings is 1. The molecule has 322 valence electrons. The summed E-state index contributed by atoms with van der Waals surface area (Å²) < 4.78 is 54.4. The summed E-state index contributed by atoms with van der Waals surface area (Å²) in [5.74, 6) is -2.35. The maximum atomic E-state index is 13.2. The lowest BCUT2D eigenvalue weighted by Gasteiger charge is -2.27. The number of fused-ring (bicyclic) bond motifs is 1. The highest BCUT2D eigenvalue weighted by Crippen LogP contribution is 2.32. The molecule has 1 saturated heterocycles. The molecule has 0 saturated carbocycles. The van der Waals surface area contributed by atoms with E-state index in [0.29, 0.717) is 138 Å². The summed E-state index contributed by atoms with van der Waals surface area (Å²) in [6, 6.07) is 3.89. The van der Waals surface area contributed by atoms with E-state index in [9.17, 15) is 24.0 Å². The van der Waals surface area contributed by atoms with Crippen molar-refractivity contribution in [3.05, 3.63) is 29.3 Å². The number of imide groups is 2. The van der Waals surface area contributed by atoms with E-state index in [4.69, 9.17) is 47.4 Å². The fourth-order valence-electron chi connectivity index (χ4n) is 5.59. The van der Waals surface area contributed by atoms with Crippen molar-refractivity contribution in [2.45, 2.75) is 51.5 Å². The molecular weight excluding hydrogens is 750 g/mol. The number of rotatable bonds is 36. The van der Waals surface area contributed by atoms with Crippen LogP contribution in [0.15, 0.2) is 18.2 Å². The van der Waals surface area contributed by atoms with Crippen molar-refractivity contribution >= 4 is 35.3 Å². The van der Waals surface area contributed by atoms with Gasteiger partial charge in [-0.25, -0.2) is 0 Å². The number of hydrogen-bond acceptors (Lipinski definition) is 16. The van der Waals surface area contributed by atoms with Crippen LogP contribution in [0.25, 0.3) is 0 Å². The number of carbonyl (C=O) groups is 5. The van der Waals surface area contributed by atoms with Crippen molar-refractivity contribution < 1.29 is 71.3 Å². The number of anilines is 1. The second kappa shape index (κ2) is 30.5. The Hall–Kier alpha value is -3.59. The van der Waals surface area contributed by atoms with Gasteiger partial charge in [0.05, 0.1) is 130 Å². The predicted octanol–water partition coefficient (Wildman–Crippen LogP) is 1.77. The zero-order chi connectivity index (χ0) is 40.8. The third kappa shape index (κ3) is 19.6. The molecule has 1 unspecified atom stereocenters. The van der Waals surface area contributed by atoms with Crippen LogP contribution in [0, 0.1) is 0 Å². The number of nitrogens with one attached hydrogen (secondary N) is 2. The average Bonchev–Trinajstić information content (AvgIpc) is 3.46. The van der Waals surface area contributed by atoms with Gasteiger partial charge in [0.25, 0.3) is 11.8 Å². The van der Waals surface area contributed by atoms with Gasteiger partial charge in [0.1, 0.15) is 12.6 Å². The van der Waals surface area contributed by atoms with Crippen LogP contribution in [-0.2, 0) is 61.8 Å². The first-order valence-electron chi connectivity index (χ1n) is 19.9. The highest BCUT2D eigenvalue weighted by atomic mass is 16.6. The molecule has 57 heavy (non-hydrogen) atoms. The van der Waals surface area contributed by atoms with Crippen molar-refractivity contribution in [2.75, 3.05) is 137 Å². The molecule has 0 aliphatic carbocycles. The van der Waals surface area contributed by atoms with Gasteiger partial charge in [0.2, 0.25) is 11.8 Å². The number of unbranched alkanes of at least 4 members (excludes halogenated alkanes) is 2. The number of hydrogen-bond donors (Lipinski definition) is 2. The number of amides is 4. The minimum atomic E-state index is -1.01. The van der Waals surface area contributed by atoms with Crippen molar-refractivity contribution in [3.8, 4) is 0 Å². The Morgan fingerprint density at radius 2 is 1.12 bits per heavy atom. The highest BCUT2D eigenvalue weighted by Gasteiger charge is 2.45.